The fourth-order valence-corrected chi connectivity index (χ4v) is 1.14. The normalized spacial score (nSPS) is 11.3. The van der Waals surface area contributed by atoms with E-state index in [0.717, 1.165) is 12.2 Å². The number of carbonyl (C=O) groups excluding carboxylic acids is 3. The van der Waals surface area contributed by atoms with Crippen LogP contribution >= 0.6 is 0 Å². The molecule has 0 bridgehead atoms. The van der Waals surface area contributed by atoms with E-state index < -0.39 is 30.0 Å². The van der Waals surface area contributed by atoms with Crippen molar-refractivity contribution >= 4 is 23.9 Å². The van der Waals surface area contributed by atoms with Crippen LogP contribution in [0.15, 0.2) is 37.0 Å². The second-order valence-electron chi connectivity index (χ2n) is 4.27. The minimum absolute atomic E-state index is 0.0779. The second kappa shape index (κ2) is 10.8. The first kappa shape index (κ1) is 20.1. The summed E-state index contributed by atoms with van der Waals surface area (Å²) < 4.78 is 14.5. The Balaban J connectivity index is 4.52. The van der Waals surface area contributed by atoms with E-state index in [9.17, 15) is 19.2 Å². The van der Waals surface area contributed by atoms with E-state index >= 15 is 0 Å². The summed E-state index contributed by atoms with van der Waals surface area (Å²) in [6, 6.07) is 0. The van der Waals surface area contributed by atoms with Crippen molar-refractivity contribution in [3.8, 4) is 0 Å². The molecule has 23 heavy (non-hydrogen) atoms. The maximum Gasteiger partial charge on any atom is 0.333 e. The highest BCUT2D eigenvalue weighted by Crippen LogP contribution is 2.05. The summed E-state index contributed by atoms with van der Waals surface area (Å²) in [4.78, 5) is 44.0. The van der Waals surface area contributed by atoms with E-state index in [1.165, 1.54) is 6.92 Å². The second-order valence-corrected chi connectivity index (χ2v) is 4.27. The molecule has 0 fully saturated rings. The van der Waals surface area contributed by atoms with Crippen molar-refractivity contribution in [2.75, 3.05) is 13.2 Å². The molecule has 0 spiro atoms. The molecule has 8 nitrogen and oxygen atoms in total. The van der Waals surface area contributed by atoms with Crippen molar-refractivity contribution in [2.45, 2.75) is 19.4 Å². The summed E-state index contributed by atoms with van der Waals surface area (Å²) >= 11 is 0. The Morgan fingerprint density at radius 2 is 1.78 bits per heavy atom. The number of hydrogen-bond donors (Lipinski definition) is 1. The monoisotopic (exact) mass is 326 g/mol. The van der Waals surface area contributed by atoms with Crippen molar-refractivity contribution < 1.29 is 38.5 Å². The molecule has 0 saturated heterocycles. The Kier molecular flexibility index (Phi) is 9.42. The van der Waals surface area contributed by atoms with Crippen LogP contribution in [0.25, 0.3) is 0 Å². The lowest BCUT2D eigenvalue weighted by Crippen LogP contribution is -2.27. The maximum absolute atomic E-state index is 11.5. The SMILES string of the molecule is C=CC(=O)OCCC(COC(=O)/C=C/C(=O)O)OC(=O)C(=C)C. The molecule has 126 valence electrons. The molecule has 0 aromatic heterocycles. The van der Waals surface area contributed by atoms with Crippen molar-refractivity contribution in [1.29, 1.82) is 0 Å². The molecular weight excluding hydrogens is 308 g/mol. The zero-order valence-electron chi connectivity index (χ0n) is 12.6. The fraction of sp³-hybridized carbons (Fsp3) is 0.333. The van der Waals surface area contributed by atoms with Crippen LogP contribution in [0.5, 0.6) is 0 Å². The maximum atomic E-state index is 11.5. The summed E-state index contributed by atoms with van der Waals surface area (Å²) in [5, 5.41) is 8.38. The zero-order valence-corrected chi connectivity index (χ0v) is 12.6. The Morgan fingerprint density at radius 1 is 1.13 bits per heavy atom. The van der Waals surface area contributed by atoms with Gasteiger partial charge >= 0.3 is 23.9 Å². The van der Waals surface area contributed by atoms with Gasteiger partial charge in [0.05, 0.1) is 6.61 Å². The van der Waals surface area contributed by atoms with Crippen LogP contribution < -0.4 is 0 Å². The summed E-state index contributed by atoms with van der Waals surface area (Å²) in [7, 11) is 0. The van der Waals surface area contributed by atoms with Gasteiger partial charge in [-0.2, -0.15) is 0 Å². The van der Waals surface area contributed by atoms with Crippen molar-refractivity contribution in [3.63, 3.8) is 0 Å². The molecule has 1 N–H and O–H groups in total. The van der Waals surface area contributed by atoms with Gasteiger partial charge in [-0.05, 0) is 6.92 Å². The minimum Gasteiger partial charge on any atom is -0.478 e. The van der Waals surface area contributed by atoms with Gasteiger partial charge in [-0.3, -0.25) is 0 Å². The Hall–Kier alpha value is -2.90. The zero-order chi connectivity index (χ0) is 17.8. The molecule has 0 aliphatic carbocycles. The molecule has 0 radical (unpaired) electrons. The number of esters is 3. The van der Waals surface area contributed by atoms with Crippen LogP contribution in [0.4, 0.5) is 0 Å². The number of hydrogen-bond acceptors (Lipinski definition) is 7. The van der Waals surface area contributed by atoms with Crippen LogP contribution in [0, 0.1) is 0 Å². The number of ether oxygens (including phenoxy) is 3. The lowest BCUT2D eigenvalue weighted by molar-refractivity contribution is -0.155. The fourth-order valence-electron chi connectivity index (χ4n) is 1.14. The molecular formula is C15H18O8. The number of carboxylic acids is 1. The molecule has 0 aromatic carbocycles. The third kappa shape index (κ3) is 10.5. The van der Waals surface area contributed by atoms with Crippen molar-refractivity contribution in [1.82, 2.24) is 0 Å². The van der Waals surface area contributed by atoms with Gasteiger partial charge in [-0.1, -0.05) is 13.2 Å². The van der Waals surface area contributed by atoms with Gasteiger partial charge < -0.3 is 19.3 Å². The first-order valence-electron chi connectivity index (χ1n) is 6.49. The third-order valence-electron chi connectivity index (χ3n) is 2.25. The molecule has 0 heterocycles. The van der Waals surface area contributed by atoms with Crippen LogP contribution in [0.3, 0.4) is 0 Å². The number of carboxylic acid groups (broad SMARTS) is 1. The van der Waals surface area contributed by atoms with Gasteiger partial charge in [-0.25, -0.2) is 19.2 Å². The van der Waals surface area contributed by atoms with E-state index in [1.54, 1.807) is 0 Å². The third-order valence-corrected chi connectivity index (χ3v) is 2.25. The summed E-state index contributed by atoms with van der Waals surface area (Å²) in [5.74, 6) is -3.55. The summed E-state index contributed by atoms with van der Waals surface area (Å²) in [6.07, 6.45) is 1.51. The van der Waals surface area contributed by atoms with Gasteiger partial charge in [0.2, 0.25) is 0 Å². The molecule has 0 aromatic rings. The highest BCUT2D eigenvalue weighted by atomic mass is 16.6. The predicted octanol–water partition coefficient (Wildman–Crippen LogP) is 0.778. The smallest absolute Gasteiger partial charge is 0.333 e. The molecule has 0 amide bonds. The lowest BCUT2D eigenvalue weighted by atomic mass is 10.2. The van der Waals surface area contributed by atoms with E-state index in [0.29, 0.717) is 6.08 Å². The van der Waals surface area contributed by atoms with E-state index in [1.807, 2.05) is 0 Å². The van der Waals surface area contributed by atoms with Crippen molar-refractivity contribution in [2.24, 2.45) is 0 Å². The quantitative estimate of drug-likeness (QED) is 0.355. The van der Waals surface area contributed by atoms with Gasteiger partial charge in [0.25, 0.3) is 0 Å². The Labute approximate surface area is 133 Å². The van der Waals surface area contributed by atoms with Gasteiger partial charge in [0, 0.05) is 30.2 Å². The predicted molar refractivity (Wildman–Crippen MR) is 78.2 cm³/mol. The van der Waals surface area contributed by atoms with E-state index in [4.69, 9.17) is 19.3 Å². The number of rotatable bonds is 10. The van der Waals surface area contributed by atoms with Crippen LogP contribution in [0.1, 0.15) is 13.3 Å². The molecule has 0 rings (SSSR count). The minimum atomic E-state index is -1.30. The highest BCUT2D eigenvalue weighted by molar-refractivity contribution is 5.90. The van der Waals surface area contributed by atoms with Gasteiger partial charge in [0.15, 0.2) is 0 Å². The lowest BCUT2D eigenvalue weighted by Gasteiger charge is -2.17. The van der Waals surface area contributed by atoms with Gasteiger partial charge in [0.1, 0.15) is 12.7 Å². The molecule has 0 aliphatic heterocycles. The Bertz CT molecular complexity index is 518. The molecule has 0 aliphatic rings. The average molecular weight is 326 g/mol. The summed E-state index contributed by atoms with van der Waals surface area (Å²) in [5.41, 5.74) is 0.148. The van der Waals surface area contributed by atoms with Crippen molar-refractivity contribution in [3.05, 3.63) is 37.0 Å². The molecule has 8 heteroatoms. The standard InChI is InChI=1S/C15H18O8/c1-4-13(18)21-8-7-11(23-15(20)10(2)3)9-22-14(19)6-5-12(16)17/h4-6,11H,1-2,7-9H2,3H3,(H,16,17)/b6-5+. The first-order valence-corrected chi connectivity index (χ1v) is 6.49. The van der Waals surface area contributed by atoms with E-state index in [-0.39, 0.29) is 25.2 Å². The largest absolute Gasteiger partial charge is 0.478 e. The first-order chi connectivity index (χ1) is 10.8. The molecule has 1 unspecified atom stereocenters. The average Bonchev–Trinajstić information content (AvgIpc) is 2.49. The topological polar surface area (TPSA) is 116 Å². The van der Waals surface area contributed by atoms with Crippen LogP contribution in [-0.2, 0) is 33.4 Å². The van der Waals surface area contributed by atoms with Gasteiger partial charge in [-0.15, -0.1) is 0 Å². The van der Waals surface area contributed by atoms with Crippen LogP contribution in [-0.4, -0.2) is 48.3 Å². The number of aliphatic carboxylic acids is 1. The molecule has 1 atom stereocenters. The van der Waals surface area contributed by atoms with E-state index in [2.05, 4.69) is 13.2 Å². The number of carbonyl (C=O) groups is 4. The highest BCUT2D eigenvalue weighted by Gasteiger charge is 2.17. The summed E-state index contributed by atoms with van der Waals surface area (Å²) in [6.45, 7) is 7.68. The van der Waals surface area contributed by atoms with Crippen LogP contribution in [0.2, 0.25) is 0 Å². The molecule has 0 saturated carbocycles. The Morgan fingerprint density at radius 3 is 2.30 bits per heavy atom.